The zero-order valence-electron chi connectivity index (χ0n) is 19.2. The molecule has 1 saturated carbocycles. The Morgan fingerprint density at radius 1 is 0.912 bits per heavy atom. The Bertz CT molecular complexity index is 1550. The standard InChI is InChI=1S/C25H25N5O3.ClH/c1-27(2)20-12-8-7-11-18(20)26-19-15-21(31)28(3)23-22(19)24(32)30(17-13-14-17)25(33)29(23)16-9-5-4-6-10-16;/h4-12,15,17,26H,13-14H2,1-3H3;1H. The number of halogens is 1. The van der Waals surface area contributed by atoms with Gasteiger partial charge in [0.05, 0.1) is 22.7 Å². The summed E-state index contributed by atoms with van der Waals surface area (Å²) in [6.07, 6.45) is 1.57. The highest BCUT2D eigenvalue weighted by Crippen LogP contribution is 2.34. The van der Waals surface area contributed by atoms with Crippen LogP contribution >= 0.6 is 12.4 Å². The summed E-state index contributed by atoms with van der Waals surface area (Å²) in [4.78, 5) is 42.2. The van der Waals surface area contributed by atoms with Crippen molar-refractivity contribution in [2.75, 3.05) is 24.3 Å². The minimum atomic E-state index is -0.429. The number of aryl methyl sites for hydroxylation is 1. The molecular formula is C25H26ClN5O3. The fourth-order valence-electron chi connectivity index (χ4n) is 4.24. The second kappa shape index (κ2) is 8.87. The summed E-state index contributed by atoms with van der Waals surface area (Å²) in [5.41, 5.74) is 1.78. The predicted molar refractivity (Wildman–Crippen MR) is 139 cm³/mol. The van der Waals surface area contributed by atoms with Crippen LogP contribution in [0.15, 0.2) is 75.0 Å². The van der Waals surface area contributed by atoms with Crippen molar-refractivity contribution < 1.29 is 0 Å². The van der Waals surface area contributed by atoms with Gasteiger partial charge in [0.1, 0.15) is 11.0 Å². The fourth-order valence-corrected chi connectivity index (χ4v) is 4.24. The Morgan fingerprint density at radius 3 is 2.21 bits per heavy atom. The Kier molecular flexibility index (Phi) is 6.10. The van der Waals surface area contributed by atoms with Gasteiger partial charge in [-0.15, -0.1) is 12.4 Å². The number of anilines is 3. The molecule has 0 atom stereocenters. The number of benzene rings is 2. The van der Waals surface area contributed by atoms with Gasteiger partial charge in [-0.3, -0.25) is 18.7 Å². The van der Waals surface area contributed by atoms with Gasteiger partial charge < -0.3 is 10.2 Å². The molecule has 9 heteroatoms. The fraction of sp³-hybridized carbons (Fsp3) is 0.240. The van der Waals surface area contributed by atoms with Crippen molar-refractivity contribution in [3.63, 3.8) is 0 Å². The largest absolute Gasteiger partial charge is 0.376 e. The molecule has 1 aliphatic carbocycles. The summed E-state index contributed by atoms with van der Waals surface area (Å²) < 4.78 is 4.17. The lowest BCUT2D eigenvalue weighted by atomic mass is 10.2. The van der Waals surface area contributed by atoms with Crippen LogP contribution in [0.3, 0.4) is 0 Å². The lowest BCUT2D eigenvalue weighted by molar-refractivity contribution is 0.637. The van der Waals surface area contributed by atoms with E-state index >= 15 is 0 Å². The highest BCUT2D eigenvalue weighted by molar-refractivity contribution is 5.93. The normalized spacial score (nSPS) is 12.9. The third-order valence-corrected chi connectivity index (χ3v) is 6.03. The van der Waals surface area contributed by atoms with Gasteiger partial charge in [-0.05, 0) is 37.1 Å². The lowest BCUT2D eigenvalue weighted by Gasteiger charge is -2.21. The third kappa shape index (κ3) is 3.80. The third-order valence-electron chi connectivity index (χ3n) is 6.03. The van der Waals surface area contributed by atoms with Crippen LogP contribution in [0.2, 0.25) is 0 Å². The van der Waals surface area contributed by atoms with E-state index in [0.29, 0.717) is 16.8 Å². The maximum absolute atomic E-state index is 13.7. The Balaban J connectivity index is 0.00000274. The van der Waals surface area contributed by atoms with Crippen molar-refractivity contribution in [1.82, 2.24) is 13.7 Å². The molecule has 0 aliphatic heterocycles. The van der Waals surface area contributed by atoms with Gasteiger partial charge in [0.25, 0.3) is 11.1 Å². The van der Waals surface area contributed by atoms with E-state index in [1.807, 2.05) is 61.5 Å². The molecule has 0 saturated heterocycles. The molecule has 0 spiro atoms. The first kappa shape index (κ1) is 23.4. The molecule has 8 nitrogen and oxygen atoms in total. The van der Waals surface area contributed by atoms with Crippen LogP contribution in [0.5, 0.6) is 0 Å². The number of hydrogen-bond acceptors (Lipinski definition) is 5. The molecule has 176 valence electrons. The summed E-state index contributed by atoms with van der Waals surface area (Å²) in [5.74, 6) is 0. The van der Waals surface area contributed by atoms with Crippen molar-refractivity contribution in [3.05, 3.63) is 91.9 Å². The van der Waals surface area contributed by atoms with E-state index in [9.17, 15) is 14.4 Å². The van der Waals surface area contributed by atoms with E-state index in [1.54, 1.807) is 19.2 Å². The highest BCUT2D eigenvalue weighted by Gasteiger charge is 2.31. The molecule has 0 unspecified atom stereocenters. The molecule has 0 amide bonds. The van der Waals surface area contributed by atoms with Gasteiger partial charge in [-0.1, -0.05) is 30.3 Å². The van der Waals surface area contributed by atoms with Gasteiger partial charge in [0.2, 0.25) is 0 Å². The lowest BCUT2D eigenvalue weighted by Crippen LogP contribution is -2.41. The highest BCUT2D eigenvalue weighted by atomic mass is 35.5. The molecule has 34 heavy (non-hydrogen) atoms. The molecule has 0 radical (unpaired) electrons. The summed E-state index contributed by atoms with van der Waals surface area (Å²) in [5, 5.41) is 3.61. The molecule has 2 heterocycles. The minimum absolute atomic E-state index is 0. The monoisotopic (exact) mass is 479 g/mol. The average Bonchev–Trinajstić information content (AvgIpc) is 3.63. The van der Waals surface area contributed by atoms with Gasteiger partial charge in [-0.2, -0.15) is 0 Å². The molecule has 2 aromatic heterocycles. The average molecular weight is 480 g/mol. The van der Waals surface area contributed by atoms with Crippen LogP contribution in [-0.2, 0) is 7.05 Å². The van der Waals surface area contributed by atoms with Crippen molar-refractivity contribution in [1.29, 1.82) is 0 Å². The van der Waals surface area contributed by atoms with Crippen LogP contribution in [0, 0.1) is 0 Å². The first-order chi connectivity index (χ1) is 15.9. The molecule has 4 aromatic rings. The van der Waals surface area contributed by atoms with Gasteiger partial charge in [0.15, 0.2) is 0 Å². The molecule has 1 N–H and O–H groups in total. The number of hydrogen-bond donors (Lipinski definition) is 1. The molecule has 5 rings (SSSR count). The summed E-state index contributed by atoms with van der Waals surface area (Å²) in [7, 11) is 5.44. The molecule has 2 aromatic carbocycles. The van der Waals surface area contributed by atoms with Gasteiger partial charge in [-0.25, -0.2) is 9.36 Å². The first-order valence-electron chi connectivity index (χ1n) is 10.9. The van der Waals surface area contributed by atoms with Crippen LogP contribution < -0.4 is 27.0 Å². The Hall–Kier alpha value is -3.78. The number of rotatable bonds is 5. The zero-order valence-corrected chi connectivity index (χ0v) is 20.0. The zero-order chi connectivity index (χ0) is 23.3. The van der Waals surface area contributed by atoms with Crippen LogP contribution in [0.4, 0.5) is 17.1 Å². The number of pyridine rings is 1. The molecular weight excluding hydrogens is 454 g/mol. The van der Waals surface area contributed by atoms with Crippen molar-refractivity contribution >= 4 is 40.5 Å². The first-order valence-corrected chi connectivity index (χ1v) is 10.9. The van der Waals surface area contributed by atoms with Crippen LogP contribution in [0.1, 0.15) is 18.9 Å². The quantitative estimate of drug-likeness (QED) is 0.474. The Morgan fingerprint density at radius 2 is 1.56 bits per heavy atom. The van der Waals surface area contributed by atoms with Gasteiger partial charge >= 0.3 is 5.69 Å². The minimum Gasteiger partial charge on any atom is -0.376 e. The summed E-state index contributed by atoms with van der Waals surface area (Å²) in [6, 6.07) is 18.1. The smallest absolute Gasteiger partial charge is 0.337 e. The van der Waals surface area contributed by atoms with E-state index < -0.39 is 5.69 Å². The number of para-hydroxylation sites is 3. The molecule has 1 aliphatic rings. The Labute approximate surface area is 202 Å². The number of nitrogens with zero attached hydrogens (tertiary/aromatic N) is 4. The SMILES string of the molecule is CN(C)c1ccccc1Nc1cc(=O)n(C)c2c1c(=O)n(C1CC1)c(=O)n2-c1ccccc1.Cl. The van der Waals surface area contributed by atoms with Crippen LogP contribution in [0.25, 0.3) is 16.7 Å². The second-order valence-electron chi connectivity index (χ2n) is 8.55. The summed E-state index contributed by atoms with van der Waals surface area (Å²) >= 11 is 0. The van der Waals surface area contributed by atoms with Gasteiger partial charge in [0, 0.05) is 33.3 Å². The number of aromatic nitrogens is 3. The van der Waals surface area contributed by atoms with E-state index in [1.165, 1.54) is 19.8 Å². The maximum Gasteiger partial charge on any atom is 0.337 e. The summed E-state index contributed by atoms with van der Waals surface area (Å²) in [6.45, 7) is 0. The molecule has 1 fully saturated rings. The van der Waals surface area contributed by atoms with E-state index in [2.05, 4.69) is 5.32 Å². The van der Waals surface area contributed by atoms with E-state index in [0.717, 1.165) is 24.2 Å². The van der Waals surface area contributed by atoms with E-state index in [-0.39, 0.29) is 35.2 Å². The maximum atomic E-state index is 13.7. The van der Waals surface area contributed by atoms with Crippen molar-refractivity contribution in [2.45, 2.75) is 18.9 Å². The topological polar surface area (TPSA) is 81.3 Å². The number of fused-ring (bicyclic) bond motifs is 1. The molecule has 0 bridgehead atoms. The van der Waals surface area contributed by atoms with Crippen LogP contribution in [-0.4, -0.2) is 27.8 Å². The number of nitrogens with one attached hydrogen (secondary N) is 1. The van der Waals surface area contributed by atoms with Crippen molar-refractivity contribution in [3.8, 4) is 5.69 Å². The second-order valence-corrected chi connectivity index (χ2v) is 8.55. The van der Waals surface area contributed by atoms with E-state index in [4.69, 9.17) is 0 Å². The predicted octanol–water partition coefficient (Wildman–Crippen LogP) is 3.42. The van der Waals surface area contributed by atoms with Crippen molar-refractivity contribution in [2.24, 2.45) is 7.05 Å².